The zero-order valence-corrected chi connectivity index (χ0v) is 11.7. The maximum absolute atomic E-state index is 6.22. The molecule has 0 unspecified atom stereocenters. The normalized spacial score (nSPS) is 10.7. The molecule has 2 aromatic rings. The van der Waals surface area contributed by atoms with Gasteiger partial charge in [0.2, 0.25) is 0 Å². The zero-order valence-electron chi connectivity index (χ0n) is 9.31. The van der Waals surface area contributed by atoms with Gasteiger partial charge in [0.05, 0.1) is 0 Å². The highest BCUT2D eigenvalue weighted by Crippen LogP contribution is 2.31. The number of hydrogen-bond acceptors (Lipinski definition) is 5. The molecule has 1 aromatic heterocycles. The predicted octanol–water partition coefficient (Wildman–Crippen LogP) is 3.45. The maximum Gasteiger partial charge on any atom is 0.174 e. The van der Waals surface area contributed by atoms with Crippen LogP contribution >= 0.6 is 34.9 Å². The predicted molar refractivity (Wildman–Crippen MR) is 72.9 cm³/mol. The Balaban J connectivity index is 2.08. The van der Waals surface area contributed by atoms with Gasteiger partial charge >= 0.3 is 0 Å². The summed E-state index contributed by atoms with van der Waals surface area (Å²) in [6.07, 6.45) is 1.56. The van der Waals surface area contributed by atoms with Crippen LogP contribution in [0.25, 0.3) is 0 Å². The van der Waals surface area contributed by atoms with E-state index < -0.39 is 0 Å². The number of hydrogen-bond donors (Lipinski definition) is 1. The third-order valence-electron chi connectivity index (χ3n) is 2.14. The molecule has 0 saturated carbocycles. The standard InChI is InChI=1S/C11H12ClN3S2/c1-2-13-6-8-3-4-9(5-10(8)12)16-11-14-7-15-17-11/h3-5,7,13H,2,6H2,1H3. The first-order valence-corrected chi connectivity index (χ1v) is 7.20. The second-order valence-corrected chi connectivity index (χ2v) is 5.85. The van der Waals surface area contributed by atoms with Gasteiger partial charge < -0.3 is 5.32 Å². The van der Waals surface area contributed by atoms with Crippen LogP contribution in [0.5, 0.6) is 0 Å². The second-order valence-electron chi connectivity index (χ2n) is 3.34. The SMILES string of the molecule is CCNCc1ccc(Sc2ncns2)cc1Cl. The van der Waals surface area contributed by atoms with Crippen molar-refractivity contribution in [1.82, 2.24) is 14.7 Å². The molecular weight excluding hydrogens is 274 g/mol. The van der Waals surface area contributed by atoms with Crippen LogP contribution in [0.1, 0.15) is 12.5 Å². The van der Waals surface area contributed by atoms with Crippen LogP contribution in [0.4, 0.5) is 0 Å². The summed E-state index contributed by atoms with van der Waals surface area (Å²) in [7, 11) is 0. The summed E-state index contributed by atoms with van der Waals surface area (Å²) in [4.78, 5) is 5.22. The molecule has 90 valence electrons. The van der Waals surface area contributed by atoms with E-state index in [4.69, 9.17) is 11.6 Å². The molecule has 2 rings (SSSR count). The molecule has 1 heterocycles. The van der Waals surface area contributed by atoms with Gasteiger partial charge in [-0.1, -0.05) is 36.4 Å². The molecule has 0 saturated heterocycles. The molecule has 0 bridgehead atoms. The fourth-order valence-corrected chi connectivity index (χ4v) is 3.08. The molecule has 1 aromatic carbocycles. The van der Waals surface area contributed by atoms with Crippen LogP contribution in [-0.4, -0.2) is 15.9 Å². The molecule has 3 nitrogen and oxygen atoms in total. The van der Waals surface area contributed by atoms with E-state index in [1.165, 1.54) is 11.5 Å². The summed E-state index contributed by atoms with van der Waals surface area (Å²) in [5, 5.41) is 4.05. The molecule has 0 radical (unpaired) electrons. The number of nitrogens with zero attached hydrogens (tertiary/aromatic N) is 2. The monoisotopic (exact) mass is 285 g/mol. The van der Waals surface area contributed by atoms with Gasteiger partial charge in [0.15, 0.2) is 4.34 Å². The maximum atomic E-state index is 6.22. The van der Waals surface area contributed by atoms with Gasteiger partial charge in [-0.3, -0.25) is 0 Å². The summed E-state index contributed by atoms with van der Waals surface area (Å²) in [5.74, 6) is 0. The Bertz CT molecular complexity index is 474. The number of rotatable bonds is 5. The van der Waals surface area contributed by atoms with E-state index in [2.05, 4.69) is 27.7 Å². The highest BCUT2D eigenvalue weighted by atomic mass is 35.5. The molecule has 17 heavy (non-hydrogen) atoms. The fraction of sp³-hybridized carbons (Fsp3) is 0.273. The summed E-state index contributed by atoms with van der Waals surface area (Å²) in [6, 6.07) is 6.08. The number of benzene rings is 1. The molecule has 0 spiro atoms. The van der Waals surface area contributed by atoms with E-state index in [9.17, 15) is 0 Å². The number of aromatic nitrogens is 2. The Hall–Kier alpha value is -0.620. The van der Waals surface area contributed by atoms with Crippen LogP contribution in [0, 0.1) is 0 Å². The van der Waals surface area contributed by atoms with Crippen LogP contribution < -0.4 is 5.32 Å². The first-order chi connectivity index (χ1) is 8.29. The van der Waals surface area contributed by atoms with Crippen molar-refractivity contribution in [1.29, 1.82) is 0 Å². The Morgan fingerprint density at radius 3 is 3.00 bits per heavy atom. The van der Waals surface area contributed by atoms with E-state index in [-0.39, 0.29) is 0 Å². The fourth-order valence-electron chi connectivity index (χ4n) is 1.30. The van der Waals surface area contributed by atoms with Crippen molar-refractivity contribution in [3.8, 4) is 0 Å². The van der Waals surface area contributed by atoms with Crippen molar-refractivity contribution in [2.24, 2.45) is 0 Å². The van der Waals surface area contributed by atoms with Gasteiger partial charge in [0, 0.05) is 16.5 Å². The molecule has 0 aliphatic carbocycles. The van der Waals surface area contributed by atoms with Crippen LogP contribution in [0.2, 0.25) is 5.02 Å². The van der Waals surface area contributed by atoms with Gasteiger partial charge in [-0.2, -0.15) is 4.37 Å². The van der Waals surface area contributed by atoms with E-state index in [1.54, 1.807) is 18.1 Å². The minimum absolute atomic E-state index is 0.792. The third kappa shape index (κ3) is 3.67. The molecule has 6 heteroatoms. The average Bonchev–Trinajstić information content (AvgIpc) is 2.81. The van der Waals surface area contributed by atoms with E-state index >= 15 is 0 Å². The number of nitrogens with one attached hydrogen (secondary N) is 1. The molecule has 0 fully saturated rings. The first kappa shape index (κ1) is 12.8. The highest BCUT2D eigenvalue weighted by Gasteiger charge is 2.04. The molecule has 0 aliphatic heterocycles. The van der Waals surface area contributed by atoms with E-state index in [0.29, 0.717) is 0 Å². The quantitative estimate of drug-likeness (QED) is 0.913. The van der Waals surface area contributed by atoms with Crippen molar-refractivity contribution in [3.05, 3.63) is 35.1 Å². The van der Waals surface area contributed by atoms with Crippen molar-refractivity contribution < 1.29 is 0 Å². The lowest BCUT2D eigenvalue weighted by atomic mass is 10.2. The lowest BCUT2D eigenvalue weighted by Crippen LogP contribution is -2.11. The van der Waals surface area contributed by atoms with Gasteiger partial charge in [-0.25, -0.2) is 4.98 Å². The van der Waals surface area contributed by atoms with E-state index in [0.717, 1.165) is 32.9 Å². The van der Waals surface area contributed by atoms with Gasteiger partial charge in [0.1, 0.15) is 6.33 Å². The molecule has 1 N–H and O–H groups in total. The molecule has 0 aliphatic rings. The van der Waals surface area contributed by atoms with Gasteiger partial charge in [0.25, 0.3) is 0 Å². The van der Waals surface area contributed by atoms with Crippen LogP contribution in [0.3, 0.4) is 0 Å². The smallest absolute Gasteiger partial charge is 0.174 e. The Morgan fingerprint density at radius 2 is 2.35 bits per heavy atom. The van der Waals surface area contributed by atoms with Crippen molar-refractivity contribution in [3.63, 3.8) is 0 Å². The van der Waals surface area contributed by atoms with Crippen molar-refractivity contribution in [2.45, 2.75) is 22.7 Å². The second kappa shape index (κ2) is 6.35. The summed E-state index contributed by atoms with van der Waals surface area (Å²) < 4.78 is 4.90. The number of halogens is 1. The zero-order chi connectivity index (χ0) is 12.1. The Morgan fingerprint density at radius 1 is 1.47 bits per heavy atom. The van der Waals surface area contributed by atoms with Crippen molar-refractivity contribution in [2.75, 3.05) is 6.54 Å². The van der Waals surface area contributed by atoms with Gasteiger partial charge in [-0.05, 0) is 35.8 Å². The lowest BCUT2D eigenvalue weighted by Gasteiger charge is -2.06. The molecule has 0 atom stereocenters. The average molecular weight is 286 g/mol. The summed E-state index contributed by atoms with van der Waals surface area (Å²) in [6.45, 7) is 3.82. The lowest BCUT2D eigenvalue weighted by molar-refractivity contribution is 0.726. The summed E-state index contributed by atoms with van der Waals surface area (Å²) >= 11 is 9.19. The minimum atomic E-state index is 0.792. The molecule has 0 amide bonds. The topological polar surface area (TPSA) is 37.8 Å². The highest BCUT2D eigenvalue weighted by molar-refractivity contribution is 8.01. The molecular formula is C11H12ClN3S2. The van der Waals surface area contributed by atoms with E-state index in [1.807, 2.05) is 12.1 Å². The van der Waals surface area contributed by atoms with Gasteiger partial charge in [-0.15, -0.1) is 0 Å². The Kier molecular flexibility index (Phi) is 4.79. The third-order valence-corrected chi connectivity index (χ3v) is 4.19. The van der Waals surface area contributed by atoms with Crippen LogP contribution in [0.15, 0.2) is 33.8 Å². The van der Waals surface area contributed by atoms with Crippen molar-refractivity contribution >= 4 is 34.9 Å². The Labute approximate surface area is 114 Å². The first-order valence-electron chi connectivity index (χ1n) is 5.23. The largest absolute Gasteiger partial charge is 0.313 e. The summed E-state index contributed by atoms with van der Waals surface area (Å²) in [5.41, 5.74) is 1.12. The minimum Gasteiger partial charge on any atom is -0.313 e. The van der Waals surface area contributed by atoms with Crippen LogP contribution in [-0.2, 0) is 6.54 Å².